The van der Waals surface area contributed by atoms with Crippen molar-refractivity contribution in [1.82, 2.24) is 0 Å². The zero-order chi connectivity index (χ0) is 16.2. The lowest BCUT2D eigenvalue weighted by Crippen LogP contribution is -2.29. The van der Waals surface area contributed by atoms with E-state index >= 15 is 0 Å². The Morgan fingerprint density at radius 3 is 2.36 bits per heavy atom. The van der Waals surface area contributed by atoms with Crippen LogP contribution in [0.3, 0.4) is 0 Å². The highest BCUT2D eigenvalue weighted by Crippen LogP contribution is 2.54. The van der Waals surface area contributed by atoms with Crippen molar-refractivity contribution >= 4 is 38.0 Å². The molecule has 0 aliphatic carbocycles. The van der Waals surface area contributed by atoms with Crippen LogP contribution in [0.1, 0.15) is 18.9 Å². The first kappa shape index (κ1) is 17.8. The third-order valence-corrected chi connectivity index (χ3v) is 10.5. The summed E-state index contributed by atoms with van der Waals surface area (Å²) in [7, 11) is -5.70. The van der Waals surface area contributed by atoms with Crippen LogP contribution in [0.4, 0.5) is 0 Å². The van der Waals surface area contributed by atoms with E-state index in [9.17, 15) is 13.2 Å². The fraction of sp³-hybridized carbons (Fsp3) is 0.533. The van der Waals surface area contributed by atoms with E-state index in [1.54, 1.807) is 36.0 Å². The Labute approximate surface area is 138 Å². The van der Waals surface area contributed by atoms with Gasteiger partial charge in [0.15, 0.2) is 0 Å². The molecule has 1 saturated heterocycles. The van der Waals surface area contributed by atoms with Crippen LogP contribution < -0.4 is 0 Å². The van der Waals surface area contributed by atoms with E-state index in [0.29, 0.717) is 17.9 Å². The Hall–Kier alpha value is -0.500. The summed E-state index contributed by atoms with van der Waals surface area (Å²) in [6, 6.07) is 6.65. The van der Waals surface area contributed by atoms with Crippen LogP contribution in [0.25, 0.3) is 0 Å². The molecule has 0 aromatic heterocycles. The minimum Gasteiger partial charge on any atom is -0.299 e. The molecule has 1 aliphatic rings. The average molecular weight is 363 g/mol. The van der Waals surface area contributed by atoms with Crippen molar-refractivity contribution in [3.8, 4) is 0 Å². The highest BCUT2D eigenvalue weighted by atomic mass is 32.3. The summed E-state index contributed by atoms with van der Waals surface area (Å²) in [6.45, 7) is 3.71. The molecule has 4 nitrogen and oxygen atoms in total. The van der Waals surface area contributed by atoms with Gasteiger partial charge in [0.05, 0.1) is 10.6 Å². The molecule has 0 saturated carbocycles. The van der Waals surface area contributed by atoms with Gasteiger partial charge in [-0.1, -0.05) is 24.6 Å². The van der Waals surface area contributed by atoms with Gasteiger partial charge in [0, 0.05) is 29.4 Å². The van der Waals surface area contributed by atoms with Crippen molar-refractivity contribution in [2.75, 3.05) is 28.8 Å². The zero-order valence-corrected chi connectivity index (χ0v) is 15.4. The molecule has 0 radical (unpaired) electrons. The van der Waals surface area contributed by atoms with Crippen LogP contribution in [0.2, 0.25) is 0 Å². The molecule has 1 aromatic carbocycles. The molecule has 1 aromatic rings. The van der Waals surface area contributed by atoms with Crippen LogP contribution in [0.15, 0.2) is 29.2 Å². The standard InChI is InChI=1S/C15H22O4S3/c1-3-14(16)12-21(10-8-20-9-11-21)19-22(17,18)15-6-4-13(2)5-7-15/h4-7H,3,8-12H2,1-2H3. The second-order valence-electron chi connectivity index (χ2n) is 5.36. The Morgan fingerprint density at radius 2 is 1.82 bits per heavy atom. The predicted molar refractivity (Wildman–Crippen MR) is 94.3 cm³/mol. The lowest BCUT2D eigenvalue weighted by molar-refractivity contribution is -0.116. The summed E-state index contributed by atoms with van der Waals surface area (Å²) in [5.41, 5.74) is 0.997. The maximum atomic E-state index is 12.6. The third kappa shape index (κ3) is 4.50. The van der Waals surface area contributed by atoms with E-state index < -0.39 is 20.4 Å². The molecule has 1 fully saturated rings. The summed E-state index contributed by atoms with van der Waals surface area (Å²) in [4.78, 5) is 12.1. The second kappa shape index (κ2) is 7.38. The van der Waals surface area contributed by atoms with Crippen LogP contribution >= 0.6 is 22.1 Å². The molecular weight excluding hydrogens is 340 g/mol. The maximum Gasteiger partial charge on any atom is 0.306 e. The van der Waals surface area contributed by atoms with E-state index in [0.717, 1.165) is 17.1 Å². The first-order valence-electron chi connectivity index (χ1n) is 7.25. The van der Waals surface area contributed by atoms with Gasteiger partial charge in [0.2, 0.25) is 0 Å². The van der Waals surface area contributed by atoms with Crippen molar-refractivity contribution < 1.29 is 16.8 Å². The van der Waals surface area contributed by atoms with E-state index in [1.807, 2.05) is 13.8 Å². The van der Waals surface area contributed by atoms with Gasteiger partial charge in [0.1, 0.15) is 5.78 Å². The number of carbonyl (C=O) groups is 1. The fourth-order valence-corrected chi connectivity index (χ4v) is 10.1. The molecule has 0 bridgehead atoms. The van der Waals surface area contributed by atoms with E-state index in [1.165, 1.54) is 0 Å². The topological polar surface area (TPSA) is 60.4 Å². The van der Waals surface area contributed by atoms with Crippen LogP contribution in [-0.2, 0) is 18.5 Å². The largest absolute Gasteiger partial charge is 0.306 e. The monoisotopic (exact) mass is 362 g/mol. The molecule has 124 valence electrons. The summed E-state index contributed by atoms with van der Waals surface area (Å²) in [5.74, 6) is 3.41. The van der Waals surface area contributed by atoms with Crippen molar-refractivity contribution in [3.05, 3.63) is 29.8 Å². The van der Waals surface area contributed by atoms with Gasteiger partial charge in [-0.3, -0.25) is 4.79 Å². The van der Waals surface area contributed by atoms with Crippen LogP contribution in [0.5, 0.6) is 0 Å². The Balaban J connectivity index is 2.25. The number of rotatable bonds is 6. The number of aryl methyl sites for hydroxylation is 1. The minimum atomic E-state index is -3.81. The van der Waals surface area contributed by atoms with Crippen molar-refractivity contribution in [2.45, 2.75) is 25.2 Å². The molecule has 0 N–H and O–H groups in total. The molecule has 1 heterocycles. The molecule has 2 rings (SSSR count). The van der Waals surface area contributed by atoms with Crippen LogP contribution in [-0.4, -0.2) is 43.0 Å². The summed E-state index contributed by atoms with van der Waals surface area (Å²) in [6.07, 6.45) is 0.426. The molecule has 0 atom stereocenters. The molecule has 7 heteroatoms. The van der Waals surface area contributed by atoms with Gasteiger partial charge in [-0.25, -0.2) is 3.63 Å². The number of benzene rings is 1. The molecule has 1 aliphatic heterocycles. The predicted octanol–water partition coefficient (Wildman–Crippen LogP) is 3.15. The van der Waals surface area contributed by atoms with Gasteiger partial charge in [-0.15, -0.1) is 10.3 Å². The van der Waals surface area contributed by atoms with Crippen molar-refractivity contribution in [2.24, 2.45) is 0 Å². The average Bonchev–Trinajstić information content (AvgIpc) is 2.47. The van der Waals surface area contributed by atoms with Crippen molar-refractivity contribution in [3.63, 3.8) is 0 Å². The van der Waals surface area contributed by atoms with Crippen LogP contribution in [0, 0.1) is 6.92 Å². The first-order chi connectivity index (χ1) is 10.4. The number of hydrogen-bond donors (Lipinski definition) is 0. The normalized spacial score (nSPS) is 19.5. The van der Waals surface area contributed by atoms with E-state index in [-0.39, 0.29) is 16.4 Å². The van der Waals surface area contributed by atoms with Gasteiger partial charge < -0.3 is 0 Å². The van der Waals surface area contributed by atoms with E-state index in [2.05, 4.69) is 0 Å². The lowest BCUT2D eigenvalue weighted by Gasteiger charge is -2.40. The van der Waals surface area contributed by atoms with Gasteiger partial charge in [0.25, 0.3) is 0 Å². The Kier molecular flexibility index (Phi) is 5.99. The molecular formula is C15H22O4S3. The molecule has 22 heavy (non-hydrogen) atoms. The molecule has 0 spiro atoms. The maximum absolute atomic E-state index is 12.6. The zero-order valence-electron chi connectivity index (χ0n) is 12.9. The van der Waals surface area contributed by atoms with Gasteiger partial charge in [-0.05, 0) is 19.1 Å². The smallest absolute Gasteiger partial charge is 0.299 e. The van der Waals surface area contributed by atoms with Gasteiger partial charge in [-0.2, -0.15) is 20.2 Å². The quantitative estimate of drug-likeness (QED) is 0.778. The lowest BCUT2D eigenvalue weighted by atomic mass is 10.2. The number of thioether (sulfide) groups is 1. The third-order valence-electron chi connectivity index (χ3n) is 3.56. The second-order valence-corrected chi connectivity index (χ2v) is 11.5. The summed E-state index contributed by atoms with van der Waals surface area (Å²) >= 11 is 1.79. The molecule has 0 amide bonds. The Morgan fingerprint density at radius 1 is 1.23 bits per heavy atom. The summed E-state index contributed by atoms with van der Waals surface area (Å²) in [5, 5.41) is 0. The van der Waals surface area contributed by atoms with E-state index in [4.69, 9.17) is 3.63 Å². The highest BCUT2D eigenvalue weighted by Gasteiger charge is 2.35. The Bertz CT molecular complexity index is 617. The fourth-order valence-electron chi connectivity index (χ4n) is 2.19. The number of hydrogen-bond acceptors (Lipinski definition) is 5. The number of carbonyl (C=O) groups excluding carboxylic acids is 1. The molecule has 0 unspecified atom stereocenters. The first-order valence-corrected chi connectivity index (χ1v) is 11.9. The van der Waals surface area contributed by atoms with Crippen molar-refractivity contribution in [1.29, 1.82) is 0 Å². The minimum absolute atomic E-state index is 0.0843. The number of ketones is 1. The summed E-state index contributed by atoms with van der Waals surface area (Å²) < 4.78 is 30.8. The number of Topliss-reactive ketones (excluding diaryl/α,β-unsaturated/α-hetero) is 1. The highest BCUT2D eigenvalue weighted by molar-refractivity contribution is 8.34. The van der Waals surface area contributed by atoms with Gasteiger partial charge >= 0.3 is 10.1 Å². The SMILES string of the molecule is CCC(=O)CS1(OS(=O)(=O)c2ccc(C)cc2)CCSCC1.